The number of ether oxygens (including phenoxy) is 3. The standard InChI is InChI=1S/C48H88O6/c1-4-7-10-13-16-18-20-22-23-24-26-27-29-32-35-38-41-47(50)53-44-45(43-52-46(49)40-37-34-31-15-12-9-6-3)54-48(51)42-39-36-33-30-28-25-21-19-17-14-11-8-5-2/h19,21,23-24,45H,4-18,20,22,25-44H2,1-3H3/b21-19-,24-23-. The van der Waals surface area contributed by atoms with Crippen molar-refractivity contribution in [1.29, 1.82) is 0 Å². The molecule has 0 amide bonds. The van der Waals surface area contributed by atoms with Crippen molar-refractivity contribution in [3.8, 4) is 0 Å². The first-order valence-electron chi connectivity index (χ1n) is 23.3. The van der Waals surface area contributed by atoms with Gasteiger partial charge in [-0.3, -0.25) is 14.4 Å². The molecule has 0 aliphatic rings. The molecule has 0 rings (SSSR count). The molecular weight excluding hydrogens is 673 g/mol. The average molecular weight is 761 g/mol. The van der Waals surface area contributed by atoms with Gasteiger partial charge in [0.1, 0.15) is 13.2 Å². The van der Waals surface area contributed by atoms with E-state index in [1.807, 2.05) is 0 Å². The Kier molecular flexibility index (Phi) is 41.9. The zero-order valence-corrected chi connectivity index (χ0v) is 36.0. The molecule has 0 spiro atoms. The highest BCUT2D eigenvalue weighted by Gasteiger charge is 2.19. The summed E-state index contributed by atoms with van der Waals surface area (Å²) in [6.45, 7) is 6.57. The summed E-state index contributed by atoms with van der Waals surface area (Å²) in [6.07, 6.45) is 47.4. The molecule has 0 saturated carbocycles. The fourth-order valence-corrected chi connectivity index (χ4v) is 6.61. The maximum atomic E-state index is 12.7. The van der Waals surface area contributed by atoms with Crippen LogP contribution in [-0.2, 0) is 28.6 Å². The molecule has 0 bridgehead atoms. The van der Waals surface area contributed by atoms with Crippen LogP contribution in [0.25, 0.3) is 0 Å². The van der Waals surface area contributed by atoms with Gasteiger partial charge in [-0.05, 0) is 70.6 Å². The number of carbonyl (C=O) groups excluding carboxylic acids is 3. The fraction of sp³-hybridized carbons (Fsp3) is 0.854. The van der Waals surface area contributed by atoms with Crippen LogP contribution in [0.4, 0.5) is 0 Å². The van der Waals surface area contributed by atoms with E-state index in [-0.39, 0.29) is 31.1 Å². The van der Waals surface area contributed by atoms with E-state index in [4.69, 9.17) is 14.2 Å². The Hall–Kier alpha value is -2.11. The van der Waals surface area contributed by atoms with Gasteiger partial charge in [-0.2, -0.15) is 0 Å². The summed E-state index contributed by atoms with van der Waals surface area (Å²) >= 11 is 0. The van der Waals surface area contributed by atoms with Crippen molar-refractivity contribution in [2.75, 3.05) is 13.2 Å². The van der Waals surface area contributed by atoms with E-state index in [1.165, 1.54) is 135 Å². The SMILES string of the molecule is CCCCCC/C=C\CCCCCCCC(=O)OC(COC(=O)CCCCCCC/C=C\CCCCCCCCC)COC(=O)CCCCCCCCC. The zero-order valence-electron chi connectivity index (χ0n) is 36.0. The molecule has 0 fully saturated rings. The lowest BCUT2D eigenvalue weighted by Gasteiger charge is -2.18. The van der Waals surface area contributed by atoms with E-state index in [9.17, 15) is 14.4 Å². The van der Waals surface area contributed by atoms with Crippen molar-refractivity contribution in [3.63, 3.8) is 0 Å². The number of allylic oxidation sites excluding steroid dienone is 4. The van der Waals surface area contributed by atoms with Gasteiger partial charge in [0.05, 0.1) is 0 Å². The lowest BCUT2D eigenvalue weighted by molar-refractivity contribution is -0.167. The third-order valence-corrected chi connectivity index (χ3v) is 10.2. The van der Waals surface area contributed by atoms with E-state index < -0.39 is 6.10 Å². The Bertz CT molecular complexity index is 880. The third kappa shape index (κ3) is 41.1. The summed E-state index contributed by atoms with van der Waals surface area (Å²) in [6, 6.07) is 0. The Labute approximate surface area is 334 Å². The first-order chi connectivity index (χ1) is 26.5. The Balaban J connectivity index is 4.29. The van der Waals surface area contributed by atoms with Gasteiger partial charge in [-0.15, -0.1) is 0 Å². The number of carbonyl (C=O) groups is 3. The van der Waals surface area contributed by atoms with Gasteiger partial charge in [-0.25, -0.2) is 0 Å². The topological polar surface area (TPSA) is 78.9 Å². The molecule has 0 radical (unpaired) electrons. The van der Waals surface area contributed by atoms with Gasteiger partial charge in [-0.1, -0.05) is 180 Å². The Morgan fingerprint density at radius 1 is 0.352 bits per heavy atom. The van der Waals surface area contributed by atoms with Crippen LogP contribution in [0.3, 0.4) is 0 Å². The second kappa shape index (κ2) is 43.6. The van der Waals surface area contributed by atoms with Crippen LogP contribution in [0.5, 0.6) is 0 Å². The minimum Gasteiger partial charge on any atom is -0.462 e. The minimum atomic E-state index is -0.771. The van der Waals surface area contributed by atoms with Crippen LogP contribution in [-0.4, -0.2) is 37.2 Å². The largest absolute Gasteiger partial charge is 0.462 e. The van der Waals surface area contributed by atoms with E-state index in [0.29, 0.717) is 19.3 Å². The molecule has 0 aromatic heterocycles. The number of rotatable bonds is 42. The van der Waals surface area contributed by atoms with Gasteiger partial charge in [0.25, 0.3) is 0 Å². The molecule has 0 aliphatic heterocycles. The average Bonchev–Trinajstić information content (AvgIpc) is 3.17. The quantitative estimate of drug-likeness (QED) is 0.0267. The molecule has 6 nitrogen and oxygen atoms in total. The first-order valence-corrected chi connectivity index (χ1v) is 23.3. The van der Waals surface area contributed by atoms with Crippen molar-refractivity contribution in [1.82, 2.24) is 0 Å². The molecule has 54 heavy (non-hydrogen) atoms. The van der Waals surface area contributed by atoms with Crippen LogP contribution in [0.2, 0.25) is 0 Å². The van der Waals surface area contributed by atoms with Crippen molar-refractivity contribution >= 4 is 17.9 Å². The van der Waals surface area contributed by atoms with Crippen molar-refractivity contribution < 1.29 is 28.6 Å². The van der Waals surface area contributed by atoms with Gasteiger partial charge >= 0.3 is 17.9 Å². The number of esters is 3. The van der Waals surface area contributed by atoms with E-state index in [1.54, 1.807) is 0 Å². The molecule has 6 heteroatoms. The highest BCUT2D eigenvalue weighted by molar-refractivity contribution is 5.71. The van der Waals surface area contributed by atoms with Crippen LogP contribution >= 0.6 is 0 Å². The maximum absolute atomic E-state index is 12.7. The summed E-state index contributed by atoms with van der Waals surface area (Å²) in [5.74, 6) is -0.895. The predicted molar refractivity (Wildman–Crippen MR) is 229 cm³/mol. The van der Waals surface area contributed by atoms with Crippen molar-refractivity contribution in [2.24, 2.45) is 0 Å². The summed E-state index contributed by atoms with van der Waals surface area (Å²) in [4.78, 5) is 37.6. The van der Waals surface area contributed by atoms with Crippen molar-refractivity contribution in [3.05, 3.63) is 24.3 Å². The van der Waals surface area contributed by atoms with Crippen LogP contribution in [0.15, 0.2) is 24.3 Å². The van der Waals surface area contributed by atoms with E-state index in [0.717, 1.165) is 70.6 Å². The second-order valence-electron chi connectivity index (χ2n) is 15.7. The molecule has 0 heterocycles. The summed E-state index contributed by atoms with van der Waals surface area (Å²) < 4.78 is 16.7. The third-order valence-electron chi connectivity index (χ3n) is 10.2. The number of hydrogen-bond acceptors (Lipinski definition) is 6. The molecule has 1 unspecified atom stereocenters. The number of hydrogen-bond donors (Lipinski definition) is 0. The molecule has 0 aromatic carbocycles. The highest BCUT2D eigenvalue weighted by atomic mass is 16.6. The fourth-order valence-electron chi connectivity index (χ4n) is 6.61. The van der Waals surface area contributed by atoms with Crippen molar-refractivity contribution in [2.45, 2.75) is 252 Å². The van der Waals surface area contributed by atoms with Crippen LogP contribution in [0, 0.1) is 0 Å². The van der Waals surface area contributed by atoms with Crippen LogP contribution < -0.4 is 0 Å². The molecule has 0 aromatic rings. The molecule has 0 N–H and O–H groups in total. The monoisotopic (exact) mass is 761 g/mol. The Morgan fingerprint density at radius 3 is 0.944 bits per heavy atom. The summed E-state index contributed by atoms with van der Waals surface area (Å²) in [7, 11) is 0. The summed E-state index contributed by atoms with van der Waals surface area (Å²) in [5.41, 5.74) is 0. The maximum Gasteiger partial charge on any atom is 0.306 e. The molecule has 316 valence electrons. The summed E-state index contributed by atoms with van der Waals surface area (Å²) in [5, 5.41) is 0. The highest BCUT2D eigenvalue weighted by Crippen LogP contribution is 2.14. The second-order valence-corrected chi connectivity index (χ2v) is 15.7. The molecular formula is C48H88O6. The normalized spacial score (nSPS) is 12.1. The minimum absolute atomic E-state index is 0.0754. The van der Waals surface area contributed by atoms with Gasteiger partial charge in [0.15, 0.2) is 6.10 Å². The lowest BCUT2D eigenvalue weighted by Crippen LogP contribution is -2.30. The lowest BCUT2D eigenvalue weighted by atomic mass is 10.1. The van der Waals surface area contributed by atoms with E-state index >= 15 is 0 Å². The van der Waals surface area contributed by atoms with Gasteiger partial charge in [0, 0.05) is 19.3 Å². The smallest absolute Gasteiger partial charge is 0.306 e. The van der Waals surface area contributed by atoms with Gasteiger partial charge in [0.2, 0.25) is 0 Å². The van der Waals surface area contributed by atoms with Crippen LogP contribution in [0.1, 0.15) is 245 Å². The van der Waals surface area contributed by atoms with Gasteiger partial charge < -0.3 is 14.2 Å². The zero-order chi connectivity index (χ0) is 39.4. The van der Waals surface area contributed by atoms with E-state index in [2.05, 4.69) is 45.1 Å². The number of unbranched alkanes of at least 4 members (excludes halogenated alkanes) is 27. The molecule has 0 aliphatic carbocycles. The Morgan fingerprint density at radius 2 is 0.611 bits per heavy atom. The molecule has 1 atom stereocenters. The predicted octanol–water partition coefficient (Wildman–Crippen LogP) is 14.8. The molecule has 0 saturated heterocycles. The first kappa shape index (κ1) is 51.9.